The van der Waals surface area contributed by atoms with Crippen LogP contribution in [-0.4, -0.2) is 27.6 Å². The number of aromatic amines is 1. The minimum Gasteiger partial charge on any atom is -0.349 e. The Labute approximate surface area is 120 Å². The van der Waals surface area contributed by atoms with Gasteiger partial charge in [0.2, 0.25) is 5.82 Å². The molecule has 1 amide bonds. The van der Waals surface area contributed by atoms with E-state index in [-0.39, 0.29) is 11.7 Å². The van der Waals surface area contributed by atoms with Crippen molar-refractivity contribution in [3.63, 3.8) is 0 Å². The Kier molecular flexibility index (Phi) is 5.56. The zero-order valence-corrected chi connectivity index (χ0v) is 12.6. The molecule has 20 heavy (non-hydrogen) atoms. The molecule has 1 aromatic rings. The second kappa shape index (κ2) is 7.41. The smallest absolute Gasteiger partial charge is 0.290 e. The predicted molar refractivity (Wildman–Crippen MR) is 78.6 cm³/mol. The van der Waals surface area contributed by atoms with Crippen molar-refractivity contribution in [3.05, 3.63) is 11.6 Å². The summed E-state index contributed by atoms with van der Waals surface area (Å²) in [5.74, 6) is 2.29. The van der Waals surface area contributed by atoms with Crippen LogP contribution in [0.2, 0.25) is 0 Å². The summed E-state index contributed by atoms with van der Waals surface area (Å²) in [6.07, 6.45) is 8.36. The first-order valence-electron chi connectivity index (χ1n) is 7.87. The minimum absolute atomic E-state index is 0.157. The molecule has 1 aliphatic carbocycles. The molecule has 1 aliphatic rings. The van der Waals surface area contributed by atoms with Crippen molar-refractivity contribution in [2.24, 2.45) is 5.92 Å². The van der Waals surface area contributed by atoms with Crippen LogP contribution in [0, 0.1) is 5.92 Å². The molecule has 5 nitrogen and oxygen atoms in total. The number of nitrogens with zero attached hydrogens (tertiary/aromatic N) is 2. The van der Waals surface area contributed by atoms with Crippen LogP contribution >= 0.6 is 0 Å². The van der Waals surface area contributed by atoms with E-state index in [1.165, 1.54) is 25.7 Å². The van der Waals surface area contributed by atoms with Gasteiger partial charge in [0.1, 0.15) is 5.82 Å². The van der Waals surface area contributed by atoms with Crippen molar-refractivity contribution < 1.29 is 4.79 Å². The number of carbonyl (C=O) groups is 1. The summed E-state index contributed by atoms with van der Waals surface area (Å²) in [7, 11) is 0. The van der Waals surface area contributed by atoms with Crippen molar-refractivity contribution in [2.75, 3.05) is 6.54 Å². The summed E-state index contributed by atoms with van der Waals surface area (Å²) in [5.41, 5.74) is 0. The van der Waals surface area contributed by atoms with Crippen LogP contribution in [-0.2, 0) is 0 Å². The number of aromatic nitrogens is 3. The van der Waals surface area contributed by atoms with Crippen LogP contribution < -0.4 is 5.32 Å². The molecule has 1 saturated carbocycles. The molecule has 0 atom stereocenters. The summed E-state index contributed by atoms with van der Waals surface area (Å²) in [6.45, 7) is 5.23. The molecule has 0 aliphatic heterocycles. The third-order valence-corrected chi connectivity index (χ3v) is 3.66. The van der Waals surface area contributed by atoms with Gasteiger partial charge < -0.3 is 5.32 Å². The van der Waals surface area contributed by atoms with Crippen molar-refractivity contribution in [3.8, 4) is 0 Å². The minimum atomic E-state index is -0.157. The molecule has 112 valence electrons. The summed E-state index contributed by atoms with van der Waals surface area (Å²) < 4.78 is 0. The number of carbonyl (C=O) groups excluding carboxylic acids is 1. The monoisotopic (exact) mass is 278 g/mol. The quantitative estimate of drug-likeness (QED) is 0.682. The van der Waals surface area contributed by atoms with E-state index in [9.17, 15) is 4.79 Å². The molecule has 0 spiro atoms. The Morgan fingerprint density at radius 3 is 2.75 bits per heavy atom. The van der Waals surface area contributed by atoms with Gasteiger partial charge in [-0.05, 0) is 25.2 Å². The highest BCUT2D eigenvalue weighted by molar-refractivity contribution is 5.90. The van der Waals surface area contributed by atoms with E-state index in [2.05, 4.69) is 34.3 Å². The molecule has 5 heteroatoms. The third-order valence-electron chi connectivity index (χ3n) is 3.66. The van der Waals surface area contributed by atoms with Gasteiger partial charge in [0.25, 0.3) is 5.91 Å². The third kappa shape index (κ3) is 4.94. The first-order valence-corrected chi connectivity index (χ1v) is 7.87. The van der Waals surface area contributed by atoms with Crippen molar-refractivity contribution in [2.45, 2.75) is 64.7 Å². The van der Waals surface area contributed by atoms with Gasteiger partial charge in [-0.2, -0.15) is 0 Å². The van der Waals surface area contributed by atoms with Crippen LogP contribution in [0.1, 0.15) is 81.2 Å². The molecule has 0 saturated heterocycles. The number of unbranched alkanes of at least 4 members (excludes halogenated alkanes) is 3. The predicted octanol–water partition coefficient (Wildman–Crippen LogP) is 3.02. The Balaban J connectivity index is 1.55. The van der Waals surface area contributed by atoms with Gasteiger partial charge in [-0.15, -0.1) is 5.10 Å². The summed E-state index contributed by atoms with van der Waals surface area (Å²) in [5, 5.41) is 9.72. The van der Waals surface area contributed by atoms with Gasteiger partial charge in [-0.25, -0.2) is 4.98 Å². The molecule has 0 bridgehead atoms. The van der Waals surface area contributed by atoms with Crippen molar-refractivity contribution >= 4 is 5.91 Å². The molecular weight excluding hydrogens is 252 g/mol. The molecule has 0 aromatic carbocycles. The lowest BCUT2D eigenvalue weighted by Gasteiger charge is -2.05. The topological polar surface area (TPSA) is 70.7 Å². The molecule has 0 radical (unpaired) electrons. The maximum atomic E-state index is 11.8. The fourth-order valence-electron chi connectivity index (χ4n) is 2.23. The zero-order valence-electron chi connectivity index (χ0n) is 12.6. The zero-order chi connectivity index (χ0) is 14.4. The number of H-pyrrole nitrogens is 1. The Morgan fingerprint density at radius 2 is 2.05 bits per heavy atom. The summed E-state index contributed by atoms with van der Waals surface area (Å²) in [4.78, 5) is 16.1. The van der Waals surface area contributed by atoms with E-state index in [4.69, 9.17) is 0 Å². The number of hydrogen-bond donors (Lipinski definition) is 2. The standard InChI is InChI=1S/C15H26N4O/c1-11(2)7-5-3-4-6-10-16-15(20)14-17-13(18-19-14)12-8-9-12/h11-12H,3-10H2,1-2H3,(H,16,20)(H,17,18,19). The van der Waals surface area contributed by atoms with Gasteiger partial charge in [0.15, 0.2) is 0 Å². The number of hydrogen-bond acceptors (Lipinski definition) is 3. The van der Waals surface area contributed by atoms with Gasteiger partial charge in [-0.1, -0.05) is 39.5 Å². The maximum Gasteiger partial charge on any atom is 0.290 e. The maximum absolute atomic E-state index is 11.8. The van der Waals surface area contributed by atoms with Gasteiger partial charge in [0.05, 0.1) is 0 Å². The van der Waals surface area contributed by atoms with Crippen LogP contribution in [0.15, 0.2) is 0 Å². The molecule has 1 heterocycles. The van der Waals surface area contributed by atoms with Crippen molar-refractivity contribution in [1.29, 1.82) is 0 Å². The van der Waals surface area contributed by atoms with Gasteiger partial charge >= 0.3 is 0 Å². The molecular formula is C15H26N4O. The number of rotatable bonds is 9. The number of nitrogens with one attached hydrogen (secondary N) is 2. The van der Waals surface area contributed by atoms with E-state index < -0.39 is 0 Å². The largest absolute Gasteiger partial charge is 0.349 e. The molecule has 1 fully saturated rings. The highest BCUT2D eigenvalue weighted by Gasteiger charge is 2.28. The van der Waals surface area contributed by atoms with E-state index in [0.29, 0.717) is 12.5 Å². The van der Waals surface area contributed by atoms with Crippen molar-refractivity contribution in [1.82, 2.24) is 20.5 Å². The van der Waals surface area contributed by atoms with Crippen LogP contribution in [0.5, 0.6) is 0 Å². The Hall–Kier alpha value is -1.39. The van der Waals surface area contributed by atoms with Crippen LogP contribution in [0.3, 0.4) is 0 Å². The second-order valence-corrected chi connectivity index (χ2v) is 6.17. The molecule has 2 rings (SSSR count). The second-order valence-electron chi connectivity index (χ2n) is 6.17. The highest BCUT2D eigenvalue weighted by atomic mass is 16.2. The molecule has 1 aromatic heterocycles. The Bertz CT molecular complexity index is 423. The fraction of sp³-hybridized carbons (Fsp3) is 0.800. The number of amides is 1. The Morgan fingerprint density at radius 1 is 1.30 bits per heavy atom. The lowest BCUT2D eigenvalue weighted by molar-refractivity contribution is 0.0943. The van der Waals surface area contributed by atoms with Crippen LogP contribution in [0.4, 0.5) is 0 Å². The van der Waals surface area contributed by atoms with E-state index in [0.717, 1.165) is 31.0 Å². The molecule has 0 unspecified atom stereocenters. The summed E-state index contributed by atoms with van der Waals surface area (Å²) >= 11 is 0. The molecule has 2 N–H and O–H groups in total. The lowest BCUT2D eigenvalue weighted by Crippen LogP contribution is -2.25. The van der Waals surface area contributed by atoms with Gasteiger partial charge in [-0.3, -0.25) is 9.89 Å². The summed E-state index contributed by atoms with van der Waals surface area (Å²) in [6, 6.07) is 0. The first-order chi connectivity index (χ1) is 9.66. The average molecular weight is 278 g/mol. The SMILES string of the molecule is CC(C)CCCCCCNC(=O)c1n[nH]c(C2CC2)n1. The fourth-order valence-corrected chi connectivity index (χ4v) is 2.23. The van der Waals surface area contributed by atoms with E-state index in [1.807, 2.05) is 0 Å². The lowest BCUT2D eigenvalue weighted by atomic mass is 10.0. The van der Waals surface area contributed by atoms with E-state index in [1.54, 1.807) is 0 Å². The highest BCUT2D eigenvalue weighted by Crippen LogP contribution is 2.37. The van der Waals surface area contributed by atoms with Crippen LogP contribution in [0.25, 0.3) is 0 Å². The van der Waals surface area contributed by atoms with Gasteiger partial charge in [0, 0.05) is 12.5 Å². The average Bonchev–Trinajstić information content (AvgIpc) is 3.14. The van der Waals surface area contributed by atoms with E-state index >= 15 is 0 Å². The normalized spacial score (nSPS) is 14.8. The first kappa shape index (κ1) is 15.0.